The molecular weight excluding hydrogens is 519 g/mol. The van der Waals surface area contributed by atoms with Gasteiger partial charge in [0.2, 0.25) is 0 Å². The van der Waals surface area contributed by atoms with Crippen LogP contribution in [0, 0.1) is 17.3 Å². The molecule has 0 amide bonds. The van der Waals surface area contributed by atoms with Gasteiger partial charge >= 0.3 is 0 Å². The minimum atomic E-state index is -2.42. The van der Waals surface area contributed by atoms with Gasteiger partial charge in [-0.3, -0.25) is 0 Å². The smallest absolute Gasteiger partial charge is 0.266 e. The summed E-state index contributed by atoms with van der Waals surface area (Å²) in [5.41, 5.74) is 3.34. The van der Waals surface area contributed by atoms with Crippen LogP contribution < -0.4 is 20.6 Å². The van der Waals surface area contributed by atoms with Crippen molar-refractivity contribution in [1.82, 2.24) is 10.3 Å². The fraction of sp³-hybridized carbons (Fsp3) is 0.528. The minimum absolute atomic E-state index is 0.0212. The van der Waals surface area contributed by atoms with Crippen molar-refractivity contribution in [1.29, 1.82) is 0 Å². The zero-order chi connectivity index (χ0) is 28.4. The number of fused-ring (bicyclic) bond motifs is 1. The number of rotatable bonds is 8. The third kappa shape index (κ3) is 4.42. The highest BCUT2D eigenvalue weighted by molar-refractivity contribution is 7.03. The lowest BCUT2D eigenvalue weighted by molar-refractivity contribution is 0.122. The summed E-state index contributed by atoms with van der Waals surface area (Å²) >= 11 is 0. The van der Waals surface area contributed by atoms with Crippen LogP contribution in [0.5, 0.6) is 0 Å². The van der Waals surface area contributed by atoms with Gasteiger partial charge in [-0.25, -0.2) is 4.98 Å². The standard InChI is InChI=1S/C36H47N3OSi/c1-25(2)28-18-19-31(30-15-11-17-34(38-30)39(5)26-22-36(23-26)20-21-36)37-32(28)24-40-41(27-12-7-6-8-13-27)33-16-10-9-14-29(33)35(41,3)4/h6-17,25-26,28,31-32,37H,18-24H2,1-5H3. The van der Waals surface area contributed by atoms with Crippen molar-refractivity contribution < 1.29 is 4.43 Å². The van der Waals surface area contributed by atoms with E-state index >= 15 is 0 Å². The summed E-state index contributed by atoms with van der Waals surface area (Å²) in [7, 11) is -0.173. The average molecular weight is 566 g/mol. The Bertz CT molecular complexity index is 1390. The van der Waals surface area contributed by atoms with Crippen molar-refractivity contribution in [2.75, 3.05) is 18.6 Å². The molecule has 7 rings (SSSR count). The summed E-state index contributed by atoms with van der Waals surface area (Å²) in [5.74, 6) is 2.32. The van der Waals surface area contributed by atoms with E-state index in [9.17, 15) is 0 Å². The van der Waals surface area contributed by atoms with Crippen molar-refractivity contribution in [3.05, 3.63) is 84.1 Å². The number of anilines is 1. The van der Waals surface area contributed by atoms with Gasteiger partial charge in [0.15, 0.2) is 0 Å². The zero-order valence-electron chi connectivity index (χ0n) is 25.6. The number of nitrogens with zero attached hydrogens (tertiary/aromatic N) is 2. The van der Waals surface area contributed by atoms with E-state index in [1.807, 2.05) is 0 Å². The van der Waals surface area contributed by atoms with Crippen LogP contribution in [0.4, 0.5) is 5.82 Å². The van der Waals surface area contributed by atoms with Gasteiger partial charge in [0.25, 0.3) is 8.32 Å². The maximum absolute atomic E-state index is 7.39. The Kier molecular flexibility index (Phi) is 6.72. The van der Waals surface area contributed by atoms with Crippen molar-refractivity contribution >= 4 is 24.5 Å². The largest absolute Gasteiger partial charge is 0.406 e. The number of benzene rings is 2. The van der Waals surface area contributed by atoms with Crippen LogP contribution >= 0.6 is 0 Å². The molecule has 3 heterocycles. The highest BCUT2D eigenvalue weighted by atomic mass is 28.4. The van der Waals surface area contributed by atoms with Crippen LogP contribution in [-0.4, -0.2) is 39.0 Å². The normalized spacial score (nSPS) is 29.5. The lowest BCUT2D eigenvalue weighted by atomic mass is 9.76. The van der Waals surface area contributed by atoms with E-state index in [1.165, 1.54) is 53.7 Å². The molecule has 3 fully saturated rings. The lowest BCUT2D eigenvalue weighted by Crippen LogP contribution is -2.81. The lowest BCUT2D eigenvalue weighted by Gasteiger charge is -2.55. The molecule has 4 atom stereocenters. The highest BCUT2D eigenvalue weighted by Gasteiger charge is 2.63. The Morgan fingerprint density at radius 3 is 2.41 bits per heavy atom. The van der Waals surface area contributed by atoms with Gasteiger partial charge in [0, 0.05) is 30.2 Å². The Morgan fingerprint density at radius 2 is 1.68 bits per heavy atom. The first kappa shape index (κ1) is 27.4. The maximum atomic E-state index is 7.39. The Labute approximate surface area is 248 Å². The summed E-state index contributed by atoms with van der Waals surface area (Å²) in [4.78, 5) is 7.68. The van der Waals surface area contributed by atoms with E-state index in [0.29, 0.717) is 29.3 Å². The van der Waals surface area contributed by atoms with Crippen LogP contribution in [0.1, 0.15) is 83.5 Å². The van der Waals surface area contributed by atoms with Gasteiger partial charge in [-0.15, -0.1) is 0 Å². The second-order valence-corrected chi connectivity index (χ2v) is 18.5. The SMILES string of the molecule is CC(C)C1CCC(c2cccc(N(C)C3CC4(CC4)C3)n2)NC1CO[Si]1(c2ccccc2)c2ccccc2C1(C)C. The Morgan fingerprint density at radius 1 is 0.951 bits per heavy atom. The summed E-state index contributed by atoms with van der Waals surface area (Å²) < 4.78 is 7.39. The molecule has 3 aromatic rings. The summed E-state index contributed by atoms with van der Waals surface area (Å²) in [6.45, 7) is 10.3. The fourth-order valence-electron chi connectivity index (χ4n) is 8.59. The third-order valence-corrected chi connectivity index (χ3v) is 16.4. The third-order valence-electron chi connectivity index (χ3n) is 11.4. The molecule has 216 valence electrons. The monoisotopic (exact) mass is 565 g/mol. The van der Waals surface area contributed by atoms with Crippen molar-refractivity contribution in [3.8, 4) is 0 Å². The van der Waals surface area contributed by atoms with Crippen LogP contribution in [0.3, 0.4) is 0 Å². The van der Waals surface area contributed by atoms with Crippen LogP contribution in [0.25, 0.3) is 0 Å². The molecule has 2 aliphatic heterocycles. The van der Waals surface area contributed by atoms with Crippen LogP contribution in [0.2, 0.25) is 0 Å². The summed E-state index contributed by atoms with van der Waals surface area (Å²) in [5, 5.41) is 6.95. The molecular formula is C36H47N3OSi. The molecule has 0 bridgehead atoms. The number of aromatic nitrogens is 1. The summed E-state index contributed by atoms with van der Waals surface area (Å²) in [6, 6.07) is 28.0. The molecule has 1 spiro atoms. The van der Waals surface area contributed by atoms with Gasteiger partial charge in [0.05, 0.1) is 12.3 Å². The topological polar surface area (TPSA) is 37.4 Å². The molecule has 41 heavy (non-hydrogen) atoms. The molecule has 2 saturated carbocycles. The number of pyridine rings is 1. The van der Waals surface area contributed by atoms with Gasteiger partial charge in [-0.05, 0) is 83.8 Å². The molecule has 1 saturated heterocycles. The molecule has 5 heteroatoms. The highest BCUT2D eigenvalue weighted by Crippen LogP contribution is 2.61. The first-order valence-electron chi connectivity index (χ1n) is 16.0. The zero-order valence-corrected chi connectivity index (χ0v) is 26.6. The molecule has 1 aromatic heterocycles. The number of hydrogen-bond acceptors (Lipinski definition) is 4. The van der Waals surface area contributed by atoms with Crippen molar-refractivity contribution in [2.45, 2.75) is 89.4 Å². The molecule has 4 aliphatic rings. The molecule has 0 radical (unpaired) electrons. The van der Waals surface area contributed by atoms with E-state index in [2.05, 4.69) is 118 Å². The van der Waals surface area contributed by atoms with Gasteiger partial charge in [0.1, 0.15) is 5.82 Å². The van der Waals surface area contributed by atoms with Crippen LogP contribution in [0.15, 0.2) is 72.8 Å². The van der Waals surface area contributed by atoms with E-state index < -0.39 is 8.32 Å². The quantitative estimate of drug-likeness (QED) is 0.333. The molecule has 4 unspecified atom stereocenters. The van der Waals surface area contributed by atoms with E-state index in [1.54, 1.807) is 0 Å². The predicted octanol–water partition coefficient (Wildman–Crippen LogP) is 6.13. The minimum Gasteiger partial charge on any atom is -0.406 e. The van der Waals surface area contributed by atoms with E-state index in [-0.39, 0.29) is 11.1 Å². The van der Waals surface area contributed by atoms with Gasteiger partial charge in [-0.1, -0.05) is 88.4 Å². The fourth-order valence-corrected chi connectivity index (χ4v) is 13.6. The van der Waals surface area contributed by atoms with Gasteiger partial charge in [-0.2, -0.15) is 0 Å². The number of hydrogen-bond donors (Lipinski definition) is 1. The van der Waals surface area contributed by atoms with Crippen molar-refractivity contribution in [2.24, 2.45) is 17.3 Å². The summed E-state index contributed by atoms with van der Waals surface area (Å²) in [6.07, 6.45) is 7.90. The molecule has 1 N–H and O–H groups in total. The van der Waals surface area contributed by atoms with Gasteiger partial charge < -0.3 is 14.6 Å². The predicted molar refractivity (Wildman–Crippen MR) is 171 cm³/mol. The molecule has 2 aromatic carbocycles. The molecule has 4 nitrogen and oxygen atoms in total. The second-order valence-electron chi connectivity index (χ2n) is 14.4. The Hall–Kier alpha value is -2.47. The van der Waals surface area contributed by atoms with E-state index in [0.717, 1.165) is 18.8 Å². The average Bonchev–Trinajstić information content (AvgIpc) is 3.78. The van der Waals surface area contributed by atoms with Crippen molar-refractivity contribution in [3.63, 3.8) is 0 Å². The first-order valence-corrected chi connectivity index (χ1v) is 17.9. The number of nitrogens with one attached hydrogen (secondary N) is 1. The first-order chi connectivity index (χ1) is 19.7. The van der Waals surface area contributed by atoms with Crippen LogP contribution in [-0.2, 0) is 9.46 Å². The van der Waals surface area contributed by atoms with E-state index in [4.69, 9.17) is 9.41 Å². The second kappa shape index (κ2) is 10.1. The maximum Gasteiger partial charge on any atom is 0.266 e. The number of piperidine rings is 1. The molecule has 2 aliphatic carbocycles. The Balaban J connectivity index is 1.13.